The zero-order valence-corrected chi connectivity index (χ0v) is 10.9. The van der Waals surface area contributed by atoms with Gasteiger partial charge in [-0.2, -0.15) is 0 Å². The highest BCUT2D eigenvalue weighted by molar-refractivity contribution is 5.92. The number of methoxy groups -OCH3 is 1. The van der Waals surface area contributed by atoms with Gasteiger partial charge in [-0.25, -0.2) is 9.97 Å². The lowest BCUT2D eigenvalue weighted by Crippen LogP contribution is -2.03. The number of anilines is 3. The third-order valence-electron chi connectivity index (χ3n) is 2.92. The molecule has 6 heteroatoms. The largest absolute Gasteiger partial charge is 0.490 e. The lowest BCUT2D eigenvalue weighted by atomic mass is 10.2. The monoisotopic (exact) mass is 267 g/mol. The summed E-state index contributed by atoms with van der Waals surface area (Å²) in [6.07, 6.45) is 3.14. The molecule has 0 radical (unpaired) electrons. The molecule has 0 spiro atoms. The molecule has 20 heavy (non-hydrogen) atoms. The van der Waals surface area contributed by atoms with Crippen molar-refractivity contribution in [3.05, 3.63) is 42.9 Å². The van der Waals surface area contributed by atoms with Crippen molar-refractivity contribution in [3.63, 3.8) is 0 Å². The summed E-state index contributed by atoms with van der Waals surface area (Å²) >= 11 is 0. The molecule has 3 N–H and O–H groups in total. The Morgan fingerprint density at radius 1 is 1.10 bits per heavy atom. The first-order valence-electron chi connectivity index (χ1n) is 6.05. The fourth-order valence-corrected chi connectivity index (χ4v) is 2.01. The summed E-state index contributed by atoms with van der Waals surface area (Å²) in [6.45, 7) is 0. The molecule has 3 rings (SSSR count). The van der Waals surface area contributed by atoms with Crippen LogP contribution in [0.15, 0.2) is 42.9 Å². The van der Waals surface area contributed by atoms with Crippen LogP contribution in [-0.4, -0.2) is 22.1 Å². The first kappa shape index (κ1) is 12.2. The number of nitrogens with one attached hydrogen (secondary N) is 1. The first-order chi connectivity index (χ1) is 9.79. The summed E-state index contributed by atoms with van der Waals surface area (Å²) in [6, 6.07) is 9.77. The van der Waals surface area contributed by atoms with Crippen molar-refractivity contribution in [2.45, 2.75) is 0 Å². The summed E-state index contributed by atoms with van der Waals surface area (Å²) in [5.74, 6) is 1.22. The summed E-state index contributed by atoms with van der Waals surface area (Å²) in [4.78, 5) is 12.4. The van der Waals surface area contributed by atoms with Gasteiger partial charge < -0.3 is 15.8 Å². The molecule has 0 unspecified atom stereocenters. The van der Waals surface area contributed by atoms with Gasteiger partial charge in [-0.3, -0.25) is 4.98 Å². The van der Waals surface area contributed by atoms with Crippen LogP contribution in [-0.2, 0) is 0 Å². The molecule has 0 aliphatic carbocycles. The molecule has 3 aromatic rings. The number of para-hydroxylation sites is 1. The molecule has 100 valence electrons. The number of pyridine rings is 1. The normalized spacial score (nSPS) is 10.4. The van der Waals surface area contributed by atoms with E-state index in [1.807, 2.05) is 30.3 Å². The molecule has 1 aromatic carbocycles. The average Bonchev–Trinajstić information content (AvgIpc) is 2.48. The first-order valence-corrected chi connectivity index (χ1v) is 6.05. The Hall–Kier alpha value is -2.89. The molecular weight excluding hydrogens is 254 g/mol. The van der Waals surface area contributed by atoms with Crippen LogP contribution < -0.4 is 15.8 Å². The molecule has 0 aliphatic heterocycles. The molecule has 0 saturated carbocycles. The molecule has 0 saturated heterocycles. The van der Waals surface area contributed by atoms with E-state index in [4.69, 9.17) is 10.5 Å². The van der Waals surface area contributed by atoms with E-state index in [1.165, 1.54) is 13.4 Å². The SMILES string of the molecule is COc1c(N)ncnc1Nc1cccc2cccnc12. The van der Waals surface area contributed by atoms with Gasteiger partial charge in [-0.15, -0.1) is 0 Å². The second-order valence-corrected chi connectivity index (χ2v) is 4.15. The maximum atomic E-state index is 5.77. The zero-order chi connectivity index (χ0) is 13.9. The lowest BCUT2D eigenvalue weighted by Gasteiger charge is -2.12. The summed E-state index contributed by atoms with van der Waals surface area (Å²) in [7, 11) is 1.53. The third-order valence-corrected chi connectivity index (χ3v) is 2.92. The van der Waals surface area contributed by atoms with E-state index in [9.17, 15) is 0 Å². The molecule has 2 aromatic heterocycles. The second-order valence-electron chi connectivity index (χ2n) is 4.15. The van der Waals surface area contributed by atoms with Gasteiger partial charge in [0, 0.05) is 11.6 Å². The number of aromatic nitrogens is 3. The van der Waals surface area contributed by atoms with Crippen LogP contribution in [0.5, 0.6) is 5.75 Å². The molecule has 0 atom stereocenters. The van der Waals surface area contributed by atoms with E-state index < -0.39 is 0 Å². The number of nitrogens with zero attached hydrogens (tertiary/aromatic N) is 3. The fraction of sp³-hybridized carbons (Fsp3) is 0.0714. The predicted octanol–water partition coefficient (Wildman–Crippen LogP) is 2.36. The van der Waals surface area contributed by atoms with Crippen molar-refractivity contribution in [2.75, 3.05) is 18.2 Å². The van der Waals surface area contributed by atoms with Crippen LogP contribution in [0.25, 0.3) is 10.9 Å². The maximum absolute atomic E-state index is 5.77. The number of hydrogen-bond acceptors (Lipinski definition) is 6. The van der Waals surface area contributed by atoms with Crippen LogP contribution >= 0.6 is 0 Å². The number of nitrogen functional groups attached to an aromatic ring is 1. The van der Waals surface area contributed by atoms with Gasteiger partial charge in [-0.1, -0.05) is 18.2 Å². The molecule has 6 nitrogen and oxygen atoms in total. The number of rotatable bonds is 3. The quantitative estimate of drug-likeness (QED) is 0.757. The molecule has 0 bridgehead atoms. The minimum absolute atomic E-state index is 0.290. The molecule has 2 heterocycles. The van der Waals surface area contributed by atoms with Gasteiger partial charge in [-0.05, 0) is 12.1 Å². The van der Waals surface area contributed by atoms with E-state index in [-0.39, 0.29) is 5.82 Å². The van der Waals surface area contributed by atoms with Gasteiger partial charge in [0.1, 0.15) is 6.33 Å². The van der Waals surface area contributed by atoms with Gasteiger partial charge in [0.2, 0.25) is 5.75 Å². The van der Waals surface area contributed by atoms with Crippen LogP contribution in [0.4, 0.5) is 17.3 Å². The van der Waals surface area contributed by atoms with Crippen LogP contribution in [0, 0.1) is 0 Å². The van der Waals surface area contributed by atoms with E-state index in [2.05, 4.69) is 20.3 Å². The highest BCUT2D eigenvalue weighted by atomic mass is 16.5. The van der Waals surface area contributed by atoms with Crippen LogP contribution in [0.1, 0.15) is 0 Å². The van der Waals surface area contributed by atoms with Gasteiger partial charge in [0.05, 0.1) is 18.3 Å². The van der Waals surface area contributed by atoms with E-state index >= 15 is 0 Å². The van der Waals surface area contributed by atoms with Gasteiger partial charge in [0.15, 0.2) is 11.6 Å². The molecule has 0 amide bonds. The van der Waals surface area contributed by atoms with Crippen molar-refractivity contribution < 1.29 is 4.74 Å². The van der Waals surface area contributed by atoms with Crippen molar-refractivity contribution in [1.29, 1.82) is 0 Å². The van der Waals surface area contributed by atoms with E-state index in [1.54, 1.807) is 6.20 Å². The fourth-order valence-electron chi connectivity index (χ4n) is 2.01. The summed E-state index contributed by atoms with van der Waals surface area (Å²) < 4.78 is 5.23. The van der Waals surface area contributed by atoms with Crippen molar-refractivity contribution >= 4 is 28.2 Å². The smallest absolute Gasteiger partial charge is 0.204 e. The topological polar surface area (TPSA) is 86.0 Å². The Morgan fingerprint density at radius 3 is 2.80 bits per heavy atom. The summed E-state index contributed by atoms with van der Waals surface area (Å²) in [5, 5.41) is 4.23. The van der Waals surface area contributed by atoms with Gasteiger partial charge in [0.25, 0.3) is 0 Å². The Balaban J connectivity index is 2.08. The zero-order valence-electron chi connectivity index (χ0n) is 10.9. The summed E-state index contributed by atoms with van der Waals surface area (Å²) in [5.41, 5.74) is 7.46. The number of fused-ring (bicyclic) bond motifs is 1. The highest BCUT2D eigenvalue weighted by Gasteiger charge is 2.11. The number of hydrogen-bond donors (Lipinski definition) is 2. The Labute approximate surface area is 115 Å². The van der Waals surface area contributed by atoms with Crippen molar-refractivity contribution in [1.82, 2.24) is 15.0 Å². The third kappa shape index (κ3) is 2.07. The van der Waals surface area contributed by atoms with Crippen molar-refractivity contribution in [3.8, 4) is 5.75 Å². The molecule has 0 aliphatic rings. The van der Waals surface area contributed by atoms with Gasteiger partial charge >= 0.3 is 0 Å². The van der Waals surface area contributed by atoms with Crippen molar-refractivity contribution in [2.24, 2.45) is 0 Å². The second kappa shape index (κ2) is 5.00. The molecular formula is C14H13N5O. The average molecular weight is 267 g/mol. The Kier molecular flexibility index (Phi) is 3.04. The highest BCUT2D eigenvalue weighted by Crippen LogP contribution is 2.31. The minimum atomic E-state index is 0.290. The van der Waals surface area contributed by atoms with Crippen LogP contribution in [0.2, 0.25) is 0 Å². The Bertz CT molecular complexity index is 754. The Morgan fingerprint density at radius 2 is 1.95 bits per heavy atom. The number of ether oxygens (including phenoxy) is 1. The maximum Gasteiger partial charge on any atom is 0.204 e. The number of nitrogens with two attached hydrogens (primary N) is 1. The van der Waals surface area contributed by atoms with E-state index in [0.29, 0.717) is 11.6 Å². The molecule has 0 fully saturated rings. The minimum Gasteiger partial charge on any atom is -0.490 e. The van der Waals surface area contributed by atoms with E-state index in [0.717, 1.165) is 16.6 Å². The lowest BCUT2D eigenvalue weighted by molar-refractivity contribution is 0.415. The standard InChI is InChI=1S/C14H13N5O/c1-20-12-13(15)17-8-18-14(12)19-10-6-2-4-9-5-3-7-16-11(9)10/h2-8H,1H3,(H3,15,17,18,19). The predicted molar refractivity (Wildman–Crippen MR) is 78.0 cm³/mol. The number of benzene rings is 1. The van der Waals surface area contributed by atoms with Crippen LogP contribution in [0.3, 0.4) is 0 Å².